The molecule has 0 aliphatic carbocycles. The summed E-state index contributed by atoms with van der Waals surface area (Å²) in [5, 5.41) is 12.1. The van der Waals surface area contributed by atoms with Crippen molar-refractivity contribution in [3.63, 3.8) is 0 Å². The zero-order valence-electron chi connectivity index (χ0n) is 7.51. The minimum absolute atomic E-state index is 0.0630. The lowest BCUT2D eigenvalue weighted by molar-refractivity contribution is 0.579. The maximum Gasteiger partial charge on any atom is 0.244 e. The van der Waals surface area contributed by atoms with Crippen LogP contribution in [0.2, 0.25) is 0 Å². The summed E-state index contributed by atoms with van der Waals surface area (Å²) in [6.45, 7) is 0.0630. The van der Waals surface area contributed by atoms with Crippen LogP contribution in [0.5, 0.6) is 0 Å². The van der Waals surface area contributed by atoms with Crippen LogP contribution in [0, 0.1) is 0 Å². The second kappa shape index (κ2) is 3.79. The Morgan fingerprint density at radius 3 is 2.87 bits per heavy atom. The van der Waals surface area contributed by atoms with Crippen molar-refractivity contribution < 1.29 is 8.42 Å². The molecular formula is C6H8N6O2S. The van der Waals surface area contributed by atoms with Crippen LogP contribution in [-0.4, -0.2) is 33.8 Å². The fourth-order valence-electron chi connectivity index (χ4n) is 0.949. The Bertz CT molecular complexity index is 502. The van der Waals surface area contributed by atoms with E-state index in [-0.39, 0.29) is 11.4 Å². The molecule has 0 bridgehead atoms. The summed E-state index contributed by atoms with van der Waals surface area (Å²) in [4.78, 5) is 3.87. The molecule has 0 atom stereocenters. The largest absolute Gasteiger partial charge is 0.284 e. The van der Waals surface area contributed by atoms with Crippen LogP contribution < -0.4 is 4.72 Å². The van der Waals surface area contributed by atoms with Gasteiger partial charge in [0, 0.05) is 6.20 Å². The Balaban J connectivity index is 2.06. The smallest absolute Gasteiger partial charge is 0.244 e. The molecule has 2 rings (SSSR count). The molecule has 0 saturated carbocycles. The van der Waals surface area contributed by atoms with Gasteiger partial charge in [-0.3, -0.25) is 10.2 Å². The molecule has 0 aromatic carbocycles. The van der Waals surface area contributed by atoms with Gasteiger partial charge in [-0.1, -0.05) is 0 Å². The van der Waals surface area contributed by atoms with Gasteiger partial charge in [0.25, 0.3) is 0 Å². The third kappa shape index (κ3) is 2.19. The first kappa shape index (κ1) is 9.80. The van der Waals surface area contributed by atoms with E-state index < -0.39 is 10.0 Å². The average Bonchev–Trinajstić information content (AvgIpc) is 2.88. The third-order valence-electron chi connectivity index (χ3n) is 1.68. The molecule has 0 saturated heterocycles. The van der Waals surface area contributed by atoms with Gasteiger partial charge in [0.2, 0.25) is 10.0 Å². The summed E-state index contributed by atoms with van der Waals surface area (Å²) in [7, 11) is -3.52. The van der Waals surface area contributed by atoms with Gasteiger partial charge in [0.15, 0.2) is 0 Å². The van der Waals surface area contributed by atoms with Gasteiger partial charge in [-0.25, -0.2) is 18.1 Å². The van der Waals surface area contributed by atoms with Gasteiger partial charge in [-0.15, -0.1) is 0 Å². The molecule has 80 valence electrons. The number of hydrogen-bond donors (Lipinski definition) is 3. The molecule has 0 amide bonds. The number of aromatic amines is 2. The summed E-state index contributed by atoms with van der Waals surface area (Å²) >= 11 is 0. The minimum Gasteiger partial charge on any atom is -0.284 e. The molecule has 15 heavy (non-hydrogen) atoms. The van der Waals surface area contributed by atoms with Crippen molar-refractivity contribution in [1.29, 1.82) is 0 Å². The van der Waals surface area contributed by atoms with Gasteiger partial charge >= 0.3 is 0 Å². The SMILES string of the molecule is O=S(=O)(NCc1ncn[nH]1)c1cn[nH]c1. The second-order valence-corrected chi connectivity index (χ2v) is 4.46. The molecule has 0 spiro atoms. The zero-order valence-corrected chi connectivity index (χ0v) is 8.32. The summed E-state index contributed by atoms with van der Waals surface area (Å²) in [6.07, 6.45) is 3.83. The van der Waals surface area contributed by atoms with Crippen molar-refractivity contribution in [1.82, 2.24) is 30.1 Å². The lowest BCUT2D eigenvalue weighted by Crippen LogP contribution is -2.23. The molecule has 0 unspecified atom stereocenters. The Hall–Kier alpha value is -1.74. The van der Waals surface area contributed by atoms with Crippen molar-refractivity contribution in [3.8, 4) is 0 Å². The van der Waals surface area contributed by atoms with Crippen molar-refractivity contribution in [2.45, 2.75) is 11.4 Å². The van der Waals surface area contributed by atoms with Crippen LogP contribution in [0.15, 0.2) is 23.6 Å². The van der Waals surface area contributed by atoms with E-state index in [2.05, 4.69) is 30.1 Å². The van der Waals surface area contributed by atoms with Crippen molar-refractivity contribution in [2.24, 2.45) is 0 Å². The highest BCUT2D eigenvalue weighted by molar-refractivity contribution is 7.89. The topological polar surface area (TPSA) is 116 Å². The van der Waals surface area contributed by atoms with Gasteiger partial charge in [0.05, 0.1) is 12.7 Å². The predicted molar refractivity (Wildman–Crippen MR) is 49.0 cm³/mol. The minimum atomic E-state index is -3.52. The molecule has 0 fully saturated rings. The first-order valence-corrected chi connectivity index (χ1v) is 5.49. The van der Waals surface area contributed by atoms with Crippen LogP contribution in [0.4, 0.5) is 0 Å². The Kier molecular flexibility index (Phi) is 2.47. The number of nitrogens with zero attached hydrogens (tertiary/aromatic N) is 3. The zero-order chi connectivity index (χ0) is 10.7. The molecule has 9 heteroatoms. The normalized spacial score (nSPS) is 11.7. The molecule has 2 aromatic heterocycles. The predicted octanol–water partition coefficient (Wildman–Crippen LogP) is -0.994. The molecule has 3 N–H and O–H groups in total. The van der Waals surface area contributed by atoms with E-state index in [1.807, 2.05) is 0 Å². The molecule has 0 aliphatic rings. The highest BCUT2D eigenvalue weighted by Gasteiger charge is 2.14. The molecule has 2 heterocycles. The number of nitrogens with one attached hydrogen (secondary N) is 3. The second-order valence-electron chi connectivity index (χ2n) is 2.69. The fraction of sp³-hybridized carbons (Fsp3) is 0.167. The monoisotopic (exact) mass is 228 g/mol. The van der Waals surface area contributed by atoms with Crippen LogP contribution in [0.3, 0.4) is 0 Å². The maximum atomic E-state index is 11.6. The standard InChI is InChI=1S/C6H8N6O2S/c13-15(14,5-1-8-9-2-5)11-3-6-7-4-10-12-6/h1-2,4,11H,3H2,(H,8,9)(H,7,10,12). The number of rotatable bonds is 4. The maximum absolute atomic E-state index is 11.6. The highest BCUT2D eigenvalue weighted by atomic mass is 32.2. The lowest BCUT2D eigenvalue weighted by atomic mass is 10.6. The van der Waals surface area contributed by atoms with Crippen molar-refractivity contribution in [3.05, 3.63) is 24.5 Å². The van der Waals surface area contributed by atoms with Gasteiger partial charge in [0.1, 0.15) is 17.0 Å². The van der Waals surface area contributed by atoms with Crippen LogP contribution >= 0.6 is 0 Å². The molecule has 8 nitrogen and oxygen atoms in total. The summed E-state index contributed by atoms with van der Waals surface area (Å²) in [6, 6.07) is 0. The van der Waals surface area contributed by atoms with E-state index in [0.717, 1.165) is 0 Å². The Morgan fingerprint density at radius 2 is 2.27 bits per heavy atom. The van der Waals surface area contributed by atoms with E-state index in [1.54, 1.807) is 0 Å². The van der Waals surface area contributed by atoms with Gasteiger partial charge in [-0.2, -0.15) is 10.2 Å². The average molecular weight is 228 g/mol. The highest BCUT2D eigenvalue weighted by Crippen LogP contribution is 2.04. The van der Waals surface area contributed by atoms with E-state index in [4.69, 9.17) is 0 Å². The Labute approximate surface area is 85.2 Å². The van der Waals surface area contributed by atoms with E-state index in [1.165, 1.54) is 18.7 Å². The van der Waals surface area contributed by atoms with Crippen molar-refractivity contribution >= 4 is 10.0 Å². The van der Waals surface area contributed by atoms with E-state index >= 15 is 0 Å². The summed E-state index contributed by atoms with van der Waals surface area (Å²) < 4.78 is 25.5. The third-order valence-corrected chi connectivity index (χ3v) is 3.05. The fourth-order valence-corrected chi connectivity index (χ4v) is 1.84. The lowest BCUT2D eigenvalue weighted by Gasteiger charge is -2.01. The van der Waals surface area contributed by atoms with Gasteiger partial charge < -0.3 is 0 Å². The number of aromatic nitrogens is 5. The van der Waals surface area contributed by atoms with Crippen LogP contribution in [0.1, 0.15) is 5.82 Å². The van der Waals surface area contributed by atoms with E-state index in [9.17, 15) is 8.42 Å². The molecule has 0 radical (unpaired) electrons. The van der Waals surface area contributed by atoms with Crippen molar-refractivity contribution in [2.75, 3.05) is 0 Å². The summed E-state index contributed by atoms with van der Waals surface area (Å²) in [5.41, 5.74) is 0. The number of sulfonamides is 1. The Morgan fingerprint density at radius 1 is 1.40 bits per heavy atom. The molecular weight excluding hydrogens is 220 g/mol. The van der Waals surface area contributed by atoms with Crippen LogP contribution in [-0.2, 0) is 16.6 Å². The van der Waals surface area contributed by atoms with Gasteiger partial charge in [-0.05, 0) is 0 Å². The molecule has 0 aliphatic heterocycles. The first-order valence-electron chi connectivity index (χ1n) is 4.01. The summed E-state index contributed by atoms with van der Waals surface area (Å²) in [5.74, 6) is 0.446. The molecule has 2 aromatic rings. The first-order chi connectivity index (χ1) is 7.18. The number of H-pyrrole nitrogens is 2. The van der Waals surface area contributed by atoms with E-state index in [0.29, 0.717) is 5.82 Å². The van der Waals surface area contributed by atoms with Crippen LogP contribution in [0.25, 0.3) is 0 Å². The quantitative estimate of drug-likeness (QED) is 0.621. The number of hydrogen-bond acceptors (Lipinski definition) is 5.